The number of aryl methyl sites for hydroxylation is 1. The Balaban J connectivity index is 1.71. The number of fused-ring (bicyclic) bond motifs is 1. The predicted molar refractivity (Wildman–Crippen MR) is 80.9 cm³/mol. The number of hydrogen-bond acceptors (Lipinski definition) is 5. The molecule has 1 aromatic carbocycles. The molecule has 0 spiro atoms. The Bertz CT molecular complexity index is 923. The van der Waals surface area contributed by atoms with Crippen LogP contribution >= 0.6 is 0 Å². The van der Waals surface area contributed by atoms with E-state index in [0.29, 0.717) is 5.82 Å². The van der Waals surface area contributed by atoms with E-state index in [0.717, 1.165) is 23.3 Å². The second-order valence-corrected chi connectivity index (χ2v) is 5.03. The van der Waals surface area contributed by atoms with Gasteiger partial charge < -0.3 is 4.57 Å². The van der Waals surface area contributed by atoms with Crippen molar-refractivity contribution in [1.29, 1.82) is 0 Å². The van der Waals surface area contributed by atoms with Gasteiger partial charge in [-0.2, -0.15) is 4.80 Å². The highest BCUT2D eigenvalue weighted by molar-refractivity contribution is 5.76. The van der Waals surface area contributed by atoms with Crippen LogP contribution in [0.3, 0.4) is 0 Å². The van der Waals surface area contributed by atoms with E-state index in [2.05, 4.69) is 37.5 Å². The van der Waals surface area contributed by atoms with Crippen molar-refractivity contribution in [2.45, 2.75) is 6.54 Å². The summed E-state index contributed by atoms with van der Waals surface area (Å²) < 4.78 is 2.03. The van der Waals surface area contributed by atoms with Gasteiger partial charge in [-0.15, -0.1) is 10.2 Å². The predicted octanol–water partition coefficient (Wildman–Crippen LogP) is 1.67. The molecule has 4 aromatic rings. The van der Waals surface area contributed by atoms with Crippen molar-refractivity contribution in [2.75, 3.05) is 0 Å². The average Bonchev–Trinajstić information content (AvgIpc) is 3.15. The lowest BCUT2D eigenvalue weighted by molar-refractivity contribution is 0.630. The second-order valence-electron chi connectivity index (χ2n) is 5.03. The highest BCUT2D eigenvalue weighted by Crippen LogP contribution is 2.19. The molecular formula is C15H13N7. The van der Waals surface area contributed by atoms with Gasteiger partial charge in [-0.1, -0.05) is 30.3 Å². The minimum absolute atomic E-state index is 0.550. The summed E-state index contributed by atoms with van der Waals surface area (Å²) in [5, 5.41) is 12.0. The van der Waals surface area contributed by atoms with Crippen molar-refractivity contribution in [3.05, 3.63) is 54.5 Å². The van der Waals surface area contributed by atoms with Crippen LogP contribution in [0.25, 0.3) is 22.6 Å². The molecule has 4 rings (SSSR count). The highest BCUT2D eigenvalue weighted by atomic mass is 15.6. The fourth-order valence-corrected chi connectivity index (χ4v) is 2.37. The zero-order valence-electron chi connectivity index (χ0n) is 12.0. The molecule has 0 amide bonds. The molecule has 22 heavy (non-hydrogen) atoms. The molecule has 7 heteroatoms. The van der Waals surface area contributed by atoms with Crippen LogP contribution in [0.15, 0.2) is 48.9 Å². The van der Waals surface area contributed by atoms with Crippen LogP contribution in [-0.4, -0.2) is 34.7 Å². The maximum atomic E-state index is 4.51. The molecule has 3 heterocycles. The smallest absolute Gasteiger partial charge is 0.206 e. The molecule has 0 radical (unpaired) electrons. The fraction of sp³-hybridized carbons (Fsp3) is 0.133. The van der Waals surface area contributed by atoms with Crippen LogP contribution in [0.1, 0.15) is 5.56 Å². The van der Waals surface area contributed by atoms with Gasteiger partial charge in [0.1, 0.15) is 5.52 Å². The Labute approximate surface area is 126 Å². The van der Waals surface area contributed by atoms with Gasteiger partial charge in [0.2, 0.25) is 5.82 Å². The Morgan fingerprint density at radius 2 is 1.95 bits per heavy atom. The first-order chi connectivity index (χ1) is 10.8. The van der Waals surface area contributed by atoms with Crippen molar-refractivity contribution in [2.24, 2.45) is 7.05 Å². The third kappa shape index (κ3) is 2.22. The third-order valence-corrected chi connectivity index (χ3v) is 3.42. The largest absolute Gasteiger partial charge is 0.311 e. The molecule has 3 aromatic heterocycles. The number of pyridine rings is 1. The summed E-state index contributed by atoms with van der Waals surface area (Å²) in [6, 6.07) is 12.2. The van der Waals surface area contributed by atoms with Crippen molar-refractivity contribution in [1.82, 2.24) is 34.7 Å². The zero-order valence-corrected chi connectivity index (χ0v) is 12.0. The number of hydrogen-bond donors (Lipinski definition) is 0. The molecule has 108 valence electrons. The quantitative estimate of drug-likeness (QED) is 0.574. The van der Waals surface area contributed by atoms with Gasteiger partial charge in [-0.3, -0.25) is 0 Å². The van der Waals surface area contributed by atoms with Crippen molar-refractivity contribution in [3.63, 3.8) is 0 Å². The van der Waals surface area contributed by atoms with Crippen molar-refractivity contribution < 1.29 is 0 Å². The van der Waals surface area contributed by atoms with E-state index in [1.54, 1.807) is 19.6 Å². The van der Waals surface area contributed by atoms with Gasteiger partial charge in [-0.25, -0.2) is 9.97 Å². The van der Waals surface area contributed by atoms with Gasteiger partial charge in [-0.05, 0) is 16.8 Å². The van der Waals surface area contributed by atoms with Gasteiger partial charge in [0.25, 0.3) is 0 Å². The fourth-order valence-electron chi connectivity index (χ4n) is 2.37. The molecule has 0 fully saturated rings. The van der Waals surface area contributed by atoms with Gasteiger partial charge in [0.05, 0.1) is 19.9 Å². The summed E-state index contributed by atoms with van der Waals surface area (Å²) in [7, 11) is 1.73. The molecular weight excluding hydrogens is 278 g/mol. The van der Waals surface area contributed by atoms with E-state index >= 15 is 0 Å². The van der Waals surface area contributed by atoms with E-state index in [4.69, 9.17) is 0 Å². The van der Waals surface area contributed by atoms with Crippen LogP contribution in [0.5, 0.6) is 0 Å². The Hall–Kier alpha value is -3.09. The van der Waals surface area contributed by atoms with Gasteiger partial charge >= 0.3 is 0 Å². The molecule has 7 nitrogen and oxygen atoms in total. The van der Waals surface area contributed by atoms with E-state index in [1.807, 2.05) is 28.8 Å². The number of tetrazole rings is 1. The summed E-state index contributed by atoms with van der Waals surface area (Å²) in [4.78, 5) is 10.4. The third-order valence-electron chi connectivity index (χ3n) is 3.42. The number of imidazole rings is 1. The van der Waals surface area contributed by atoms with E-state index in [1.165, 1.54) is 10.4 Å². The molecule has 0 N–H and O–H groups in total. The summed E-state index contributed by atoms with van der Waals surface area (Å²) in [5.74, 6) is 0.550. The Morgan fingerprint density at radius 3 is 2.73 bits per heavy atom. The minimum Gasteiger partial charge on any atom is -0.311 e. The topological polar surface area (TPSA) is 74.3 Å². The molecule has 0 aliphatic carbocycles. The molecule has 0 unspecified atom stereocenters. The molecule has 0 atom stereocenters. The lowest BCUT2D eigenvalue weighted by Gasteiger charge is -2.03. The van der Waals surface area contributed by atoms with Crippen molar-refractivity contribution in [3.8, 4) is 11.4 Å². The number of nitrogens with zero attached hydrogens (tertiary/aromatic N) is 7. The SMILES string of the molecule is Cn1nnc(-c2cnc3c(c2)ncn3Cc2ccccc2)n1. The average molecular weight is 291 g/mol. The molecule has 0 aliphatic rings. The zero-order chi connectivity index (χ0) is 14.9. The number of rotatable bonds is 3. The molecule has 0 saturated heterocycles. The van der Waals surface area contributed by atoms with Crippen molar-refractivity contribution >= 4 is 11.2 Å². The normalized spacial score (nSPS) is 11.1. The highest BCUT2D eigenvalue weighted by Gasteiger charge is 2.10. The molecule has 0 bridgehead atoms. The maximum absolute atomic E-state index is 4.51. The summed E-state index contributed by atoms with van der Waals surface area (Å²) in [6.45, 7) is 0.743. The second kappa shape index (κ2) is 5.03. The van der Waals surface area contributed by atoms with Crippen LogP contribution in [0, 0.1) is 0 Å². The first-order valence-corrected chi connectivity index (χ1v) is 6.89. The standard InChI is InChI=1S/C15H13N7/c1-21-19-14(18-20-21)12-7-13-15(16-8-12)22(10-17-13)9-11-5-3-2-4-6-11/h2-8,10H,9H2,1H3. The Kier molecular flexibility index (Phi) is 2.89. The molecule has 0 saturated carbocycles. The first kappa shape index (κ1) is 12.6. The first-order valence-electron chi connectivity index (χ1n) is 6.89. The summed E-state index contributed by atoms with van der Waals surface area (Å²) in [6.07, 6.45) is 3.56. The van der Waals surface area contributed by atoms with E-state index in [-0.39, 0.29) is 0 Å². The summed E-state index contributed by atoms with van der Waals surface area (Å²) in [5.41, 5.74) is 3.69. The monoisotopic (exact) mass is 291 g/mol. The molecule has 0 aliphatic heterocycles. The summed E-state index contributed by atoms with van der Waals surface area (Å²) >= 11 is 0. The van der Waals surface area contributed by atoms with E-state index in [9.17, 15) is 0 Å². The van der Waals surface area contributed by atoms with Crippen LogP contribution in [-0.2, 0) is 13.6 Å². The van der Waals surface area contributed by atoms with Crippen LogP contribution in [0.4, 0.5) is 0 Å². The van der Waals surface area contributed by atoms with Crippen LogP contribution in [0.2, 0.25) is 0 Å². The maximum Gasteiger partial charge on any atom is 0.206 e. The van der Waals surface area contributed by atoms with E-state index < -0.39 is 0 Å². The minimum atomic E-state index is 0.550. The number of benzene rings is 1. The van der Waals surface area contributed by atoms with Gasteiger partial charge in [0, 0.05) is 11.8 Å². The van der Waals surface area contributed by atoms with Gasteiger partial charge in [0.15, 0.2) is 5.65 Å². The Morgan fingerprint density at radius 1 is 1.09 bits per heavy atom. The van der Waals surface area contributed by atoms with Crippen LogP contribution < -0.4 is 0 Å². The lowest BCUT2D eigenvalue weighted by Crippen LogP contribution is -1.99. The number of aromatic nitrogens is 7. The lowest BCUT2D eigenvalue weighted by atomic mass is 10.2.